The Balaban J connectivity index is 2.77. The van der Waals surface area contributed by atoms with Gasteiger partial charge in [-0.2, -0.15) is 5.26 Å². The van der Waals surface area contributed by atoms with E-state index < -0.39 is 0 Å². The van der Waals surface area contributed by atoms with Gasteiger partial charge < -0.3 is 16.2 Å². The normalized spacial score (nSPS) is 11.7. The minimum absolute atomic E-state index is 0.289. The summed E-state index contributed by atoms with van der Waals surface area (Å²) >= 11 is 0. The minimum Gasteiger partial charge on any atom is -0.308 e. The second kappa shape index (κ2) is 6.73. The van der Waals surface area contributed by atoms with Crippen LogP contribution >= 0.6 is 0 Å². The Hall–Kier alpha value is -3.58. The number of aryl methyl sites for hydroxylation is 2. The molecular formula is C22H18N4. The van der Waals surface area contributed by atoms with Crippen LogP contribution in [-0.4, -0.2) is 18.6 Å². The number of nitriles is 1. The van der Waals surface area contributed by atoms with E-state index in [1.165, 1.54) is 12.4 Å². The standard InChI is InChI=1S/C22H18N4/c1-13-3-4-14(2)20-8-22-18(16(11-25)12-26)6-5-17(15(9-23)10-24)21(22)7-19(13)20/h3-11,23-25H,1-2H3/b17-15?,18-16-,23-9?,24-10?,25-11?. The molecule has 0 saturated heterocycles. The zero-order valence-electron chi connectivity index (χ0n) is 14.6. The van der Waals surface area contributed by atoms with Gasteiger partial charge in [0.2, 0.25) is 0 Å². The number of hydrogen-bond acceptors (Lipinski definition) is 4. The Morgan fingerprint density at radius 2 is 1.27 bits per heavy atom. The van der Waals surface area contributed by atoms with Crippen molar-refractivity contribution in [3.8, 4) is 6.07 Å². The topological polar surface area (TPSA) is 95.3 Å². The van der Waals surface area contributed by atoms with Crippen molar-refractivity contribution in [3.63, 3.8) is 0 Å². The Morgan fingerprint density at radius 3 is 1.73 bits per heavy atom. The lowest BCUT2D eigenvalue weighted by molar-refractivity contribution is 1.46. The van der Waals surface area contributed by atoms with Crippen molar-refractivity contribution in [3.05, 3.63) is 58.0 Å². The van der Waals surface area contributed by atoms with Crippen molar-refractivity contribution in [2.75, 3.05) is 0 Å². The van der Waals surface area contributed by atoms with Gasteiger partial charge in [0.05, 0.1) is 5.57 Å². The summed E-state index contributed by atoms with van der Waals surface area (Å²) in [6.45, 7) is 4.11. The van der Waals surface area contributed by atoms with Crippen molar-refractivity contribution in [1.82, 2.24) is 0 Å². The van der Waals surface area contributed by atoms with Gasteiger partial charge >= 0.3 is 0 Å². The van der Waals surface area contributed by atoms with Gasteiger partial charge in [0.1, 0.15) is 6.07 Å². The van der Waals surface area contributed by atoms with Gasteiger partial charge in [-0.15, -0.1) is 0 Å². The largest absolute Gasteiger partial charge is 0.308 e. The third-order valence-corrected chi connectivity index (χ3v) is 4.76. The predicted octanol–water partition coefficient (Wildman–Crippen LogP) is 3.38. The van der Waals surface area contributed by atoms with E-state index in [1.807, 2.05) is 6.07 Å². The number of nitrogens with zero attached hydrogens (tertiary/aromatic N) is 1. The number of fused-ring (bicyclic) bond motifs is 2. The van der Waals surface area contributed by atoms with Crippen LogP contribution < -0.4 is 10.4 Å². The highest BCUT2D eigenvalue weighted by Crippen LogP contribution is 2.25. The molecule has 0 bridgehead atoms. The van der Waals surface area contributed by atoms with Crippen LogP contribution in [-0.2, 0) is 0 Å². The van der Waals surface area contributed by atoms with Crippen molar-refractivity contribution in [2.45, 2.75) is 13.8 Å². The zero-order chi connectivity index (χ0) is 18.8. The molecule has 0 atom stereocenters. The molecular weight excluding hydrogens is 320 g/mol. The van der Waals surface area contributed by atoms with Crippen molar-refractivity contribution in [2.24, 2.45) is 0 Å². The summed E-state index contributed by atoms with van der Waals surface area (Å²) in [4.78, 5) is 0. The molecule has 0 heterocycles. The maximum atomic E-state index is 9.41. The van der Waals surface area contributed by atoms with E-state index in [1.54, 1.807) is 6.07 Å². The SMILES string of the molecule is Cc1ccc(C)c2cc3/c(=C(\C#N)C=N)ccc(=C(C=N)C=N)c3cc12. The van der Waals surface area contributed by atoms with Gasteiger partial charge in [-0.05, 0) is 63.9 Å². The van der Waals surface area contributed by atoms with E-state index >= 15 is 0 Å². The van der Waals surface area contributed by atoms with Crippen LogP contribution in [0.25, 0.3) is 32.7 Å². The number of nitrogens with one attached hydrogen (secondary N) is 3. The average molecular weight is 338 g/mol. The number of benzene rings is 3. The average Bonchev–Trinajstić information content (AvgIpc) is 2.67. The van der Waals surface area contributed by atoms with E-state index in [-0.39, 0.29) is 5.57 Å². The van der Waals surface area contributed by atoms with Gasteiger partial charge in [0.25, 0.3) is 0 Å². The van der Waals surface area contributed by atoms with E-state index in [9.17, 15) is 5.26 Å². The summed E-state index contributed by atoms with van der Waals surface area (Å²) in [7, 11) is 0. The summed E-state index contributed by atoms with van der Waals surface area (Å²) in [6.07, 6.45) is 3.40. The highest BCUT2D eigenvalue weighted by molar-refractivity contribution is 6.27. The zero-order valence-corrected chi connectivity index (χ0v) is 14.6. The highest BCUT2D eigenvalue weighted by atomic mass is 14.4. The summed E-state index contributed by atoms with van der Waals surface area (Å²) in [5.41, 5.74) is 3.07. The molecule has 3 aromatic rings. The molecule has 26 heavy (non-hydrogen) atoms. The molecule has 0 aliphatic heterocycles. The molecule has 0 fully saturated rings. The summed E-state index contributed by atoms with van der Waals surface area (Å²) < 4.78 is 0. The van der Waals surface area contributed by atoms with Crippen LogP contribution in [0.5, 0.6) is 0 Å². The first-order chi connectivity index (χ1) is 12.5. The smallest absolute Gasteiger partial charge is 0.101 e. The fraction of sp³-hybridized carbons (Fsp3) is 0.0909. The molecule has 0 radical (unpaired) electrons. The quantitative estimate of drug-likeness (QED) is 0.495. The van der Waals surface area contributed by atoms with E-state index in [0.29, 0.717) is 10.8 Å². The minimum atomic E-state index is 0.289. The number of rotatable bonds is 3. The Labute approximate surface area is 151 Å². The summed E-state index contributed by atoms with van der Waals surface area (Å²) in [6, 6.07) is 14.0. The lowest BCUT2D eigenvalue weighted by Gasteiger charge is -2.10. The first-order valence-corrected chi connectivity index (χ1v) is 8.18. The summed E-state index contributed by atoms with van der Waals surface area (Å²) in [5.74, 6) is 0. The van der Waals surface area contributed by atoms with Gasteiger partial charge in [0, 0.05) is 29.4 Å². The molecule has 4 nitrogen and oxygen atoms in total. The second-order valence-electron chi connectivity index (χ2n) is 6.22. The summed E-state index contributed by atoms with van der Waals surface area (Å²) in [5, 5.41) is 37.6. The van der Waals surface area contributed by atoms with Crippen molar-refractivity contribution in [1.29, 1.82) is 21.5 Å². The molecule has 0 aromatic heterocycles. The number of hydrogen-bond donors (Lipinski definition) is 3. The lowest BCUT2D eigenvalue weighted by atomic mass is 9.93. The Morgan fingerprint density at radius 1 is 0.769 bits per heavy atom. The van der Waals surface area contributed by atoms with Crippen molar-refractivity contribution < 1.29 is 0 Å². The van der Waals surface area contributed by atoms with Crippen LogP contribution in [0.1, 0.15) is 11.1 Å². The maximum absolute atomic E-state index is 9.41. The monoisotopic (exact) mass is 338 g/mol. The van der Waals surface area contributed by atoms with E-state index in [2.05, 4.69) is 44.2 Å². The molecule has 3 N–H and O–H groups in total. The van der Waals surface area contributed by atoms with Crippen LogP contribution in [0.15, 0.2) is 36.4 Å². The van der Waals surface area contributed by atoms with E-state index in [4.69, 9.17) is 16.2 Å². The predicted molar refractivity (Wildman–Crippen MR) is 109 cm³/mol. The molecule has 4 heteroatoms. The van der Waals surface area contributed by atoms with Gasteiger partial charge in [-0.1, -0.05) is 24.3 Å². The van der Waals surface area contributed by atoms with Crippen LogP contribution in [0, 0.1) is 41.4 Å². The Bertz CT molecular complexity index is 1250. The third kappa shape index (κ3) is 2.60. The fourth-order valence-electron chi connectivity index (χ4n) is 3.33. The lowest BCUT2D eigenvalue weighted by Crippen LogP contribution is -2.17. The second-order valence-corrected chi connectivity index (χ2v) is 6.22. The van der Waals surface area contributed by atoms with Crippen LogP contribution in [0.4, 0.5) is 0 Å². The fourth-order valence-corrected chi connectivity index (χ4v) is 3.33. The third-order valence-electron chi connectivity index (χ3n) is 4.76. The van der Waals surface area contributed by atoms with E-state index in [0.717, 1.165) is 44.1 Å². The molecule has 0 saturated carbocycles. The molecule has 0 aliphatic carbocycles. The van der Waals surface area contributed by atoms with Crippen LogP contribution in [0.3, 0.4) is 0 Å². The molecule has 3 aromatic carbocycles. The van der Waals surface area contributed by atoms with Gasteiger partial charge in [-0.25, -0.2) is 0 Å². The molecule has 0 aliphatic rings. The molecule has 3 rings (SSSR count). The highest BCUT2D eigenvalue weighted by Gasteiger charge is 2.08. The molecule has 0 spiro atoms. The Kier molecular flexibility index (Phi) is 4.47. The first kappa shape index (κ1) is 17.2. The van der Waals surface area contributed by atoms with Gasteiger partial charge in [-0.3, -0.25) is 0 Å². The van der Waals surface area contributed by atoms with Crippen LogP contribution in [0.2, 0.25) is 0 Å². The molecule has 126 valence electrons. The van der Waals surface area contributed by atoms with Gasteiger partial charge in [0.15, 0.2) is 0 Å². The first-order valence-electron chi connectivity index (χ1n) is 8.18. The molecule has 0 unspecified atom stereocenters. The maximum Gasteiger partial charge on any atom is 0.101 e. The van der Waals surface area contributed by atoms with Crippen molar-refractivity contribution >= 4 is 51.3 Å². The molecule has 0 amide bonds.